The van der Waals surface area contributed by atoms with E-state index in [0.717, 1.165) is 3.58 Å². The molecule has 1 aliphatic carbocycles. The Bertz CT molecular complexity index is 279. The second-order valence-corrected chi connectivity index (χ2v) is 5.78. The van der Waals surface area contributed by atoms with Crippen molar-refractivity contribution in [3.8, 4) is 0 Å². The van der Waals surface area contributed by atoms with Crippen LogP contribution >= 0.6 is 22.6 Å². The highest BCUT2D eigenvalue weighted by molar-refractivity contribution is 14.1. The highest BCUT2D eigenvalue weighted by atomic mass is 127. The number of ether oxygens (including phenoxy) is 1. The number of halogens is 1. The average molecular weight is 320 g/mol. The van der Waals surface area contributed by atoms with Crippen molar-refractivity contribution in [2.75, 3.05) is 0 Å². The van der Waals surface area contributed by atoms with E-state index in [0.29, 0.717) is 5.92 Å². The van der Waals surface area contributed by atoms with Crippen LogP contribution in [-0.2, 0) is 9.53 Å². The molecule has 15 heavy (non-hydrogen) atoms. The predicted octanol–water partition coefficient (Wildman–Crippen LogP) is 3.45. The molecule has 3 heteroatoms. The molecule has 84 valence electrons. The molecule has 0 N–H and O–H groups in total. The van der Waals surface area contributed by atoms with Crippen molar-refractivity contribution in [1.82, 2.24) is 0 Å². The number of hydrogen-bond donors (Lipinski definition) is 0. The zero-order chi connectivity index (χ0) is 10.8. The summed E-state index contributed by atoms with van der Waals surface area (Å²) in [6.07, 6.45) is 8.19. The van der Waals surface area contributed by atoms with Gasteiger partial charge in [-0.15, -0.1) is 0 Å². The van der Waals surface area contributed by atoms with Crippen molar-refractivity contribution >= 4 is 28.4 Å². The summed E-state index contributed by atoms with van der Waals surface area (Å²) in [5, 5.41) is 0. The highest BCUT2D eigenvalue weighted by Gasteiger charge is 2.36. The maximum absolute atomic E-state index is 11.8. The van der Waals surface area contributed by atoms with Crippen LogP contribution in [0.1, 0.15) is 39.0 Å². The van der Waals surface area contributed by atoms with Crippen LogP contribution in [0.3, 0.4) is 0 Å². The largest absolute Gasteiger partial charge is 0.496 e. The Balaban J connectivity index is 2.06. The van der Waals surface area contributed by atoms with Crippen LogP contribution in [0.15, 0.2) is 9.84 Å². The third-order valence-corrected chi connectivity index (χ3v) is 4.37. The minimum absolute atomic E-state index is 0.0463. The molecule has 0 aromatic rings. The third kappa shape index (κ3) is 2.37. The molecule has 1 aliphatic heterocycles. The standard InChI is InChI=1S/C12H17IO2/c1-8-11(14)10(13)7-15-12(8)9-5-3-2-4-6-9/h7-9,12H,2-6H2,1H3/t8-,12+/m1/s1. The van der Waals surface area contributed by atoms with E-state index in [1.165, 1.54) is 32.1 Å². The summed E-state index contributed by atoms with van der Waals surface area (Å²) in [6.45, 7) is 2.01. The lowest BCUT2D eigenvalue weighted by Gasteiger charge is -2.35. The Kier molecular flexibility index (Phi) is 3.69. The molecule has 2 atom stereocenters. The van der Waals surface area contributed by atoms with Crippen LogP contribution in [0.2, 0.25) is 0 Å². The van der Waals surface area contributed by atoms with Gasteiger partial charge in [0.15, 0.2) is 5.78 Å². The summed E-state index contributed by atoms with van der Waals surface area (Å²) in [5.74, 6) is 0.904. The number of carbonyl (C=O) groups is 1. The number of Topliss-reactive ketones (excluding diaryl/α,β-unsaturated/α-hetero) is 1. The summed E-state index contributed by atoms with van der Waals surface area (Å²) in [6, 6.07) is 0. The maximum atomic E-state index is 11.8. The summed E-state index contributed by atoms with van der Waals surface area (Å²) < 4.78 is 6.46. The van der Waals surface area contributed by atoms with Gasteiger partial charge in [-0.2, -0.15) is 0 Å². The molecule has 2 aliphatic rings. The van der Waals surface area contributed by atoms with Crippen LogP contribution in [0.5, 0.6) is 0 Å². The van der Waals surface area contributed by atoms with E-state index >= 15 is 0 Å². The van der Waals surface area contributed by atoms with Gasteiger partial charge in [0.05, 0.1) is 9.50 Å². The minimum Gasteiger partial charge on any atom is -0.496 e. The summed E-state index contributed by atoms with van der Waals surface area (Å²) >= 11 is 2.07. The first-order chi connectivity index (χ1) is 7.20. The smallest absolute Gasteiger partial charge is 0.178 e. The molecule has 0 radical (unpaired) electrons. The van der Waals surface area contributed by atoms with Crippen molar-refractivity contribution < 1.29 is 9.53 Å². The van der Waals surface area contributed by atoms with E-state index in [2.05, 4.69) is 22.6 Å². The van der Waals surface area contributed by atoms with Gasteiger partial charge >= 0.3 is 0 Å². The van der Waals surface area contributed by atoms with E-state index in [9.17, 15) is 4.79 Å². The second kappa shape index (κ2) is 4.85. The van der Waals surface area contributed by atoms with Crippen LogP contribution in [0.25, 0.3) is 0 Å². The molecule has 0 bridgehead atoms. The van der Waals surface area contributed by atoms with Gasteiger partial charge in [0.2, 0.25) is 0 Å². The van der Waals surface area contributed by atoms with Gasteiger partial charge in [0, 0.05) is 0 Å². The molecule has 0 amide bonds. The summed E-state index contributed by atoms with van der Waals surface area (Å²) in [7, 11) is 0. The van der Waals surface area contributed by atoms with Gasteiger partial charge in [0.25, 0.3) is 0 Å². The molecule has 2 nitrogen and oxygen atoms in total. The molecule has 1 heterocycles. The number of allylic oxidation sites excluding steroid dienone is 1. The van der Waals surface area contributed by atoms with Crippen LogP contribution in [-0.4, -0.2) is 11.9 Å². The Morgan fingerprint density at radius 2 is 2.00 bits per heavy atom. The molecule has 0 aromatic heterocycles. The third-order valence-electron chi connectivity index (χ3n) is 3.58. The van der Waals surface area contributed by atoms with Gasteiger partial charge in [-0.05, 0) is 41.4 Å². The van der Waals surface area contributed by atoms with Crippen molar-refractivity contribution in [3.63, 3.8) is 0 Å². The quantitative estimate of drug-likeness (QED) is 0.692. The molecule has 1 fully saturated rings. The highest BCUT2D eigenvalue weighted by Crippen LogP contribution is 2.35. The van der Waals surface area contributed by atoms with E-state index in [1.807, 2.05) is 6.92 Å². The Hall–Kier alpha value is -0.0600. The molecule has 1 saturated carbocycles. The molecule has 0 unspecified atom stereocenters. The zero-order valence-electron chi connectivity index (χ0n) is 9.04. The predicted molar refractivity (Wildman–Crippen MR) is 67.7 cm³/mol. The van der Waals surface area contributed by atoms with Gasteiger partial charge < -0.3 is 4.74 Å². The fraction of sp³-hybridized carbons (Fsp3) is 0.750. The first-order valence-electron chi connectivity index (χ1n) is 5.75. The van der Waals surface area contributed by atoms with Gasteiger partial charge in [-0.1, -0.05) is 26.2 Å². The lowest BCUT2D eigenvalue weighted by molar-refractivity contribution is -0.125. The fourth-order valence-corrected chi connectivity index (χ4v) is 3.30. The minimum atomic E-state index is 0.0463. The molecule has 0 aromatic carbocycles. The van der Waals surface area contributed by atoms with Crippen molar-refractivity contribution in [3.05, 3.63) is 9.84 Å². The number of carbonyl (C=O) groups excluding carboxylic acids is 1. The Morgan fingerprint density at radius 3 is 2.67 bits per heavy atom. The maximum Gasteiger partial charge on any atom is 0.178 e. The lowest BCUT2D eigenvalue weighted by atomic mass is 9.79. The number of rotatable bonds is 1. The van der Waals surface area contributed by atoms with Crippen LogP contribution < -0.4 is 0 Å². The van der Waals surface area contributed by atoms with Crippen molar-refractivity contribution in [2.24, 2.45) is 11.8 Å². The summed E-state index contributed by atoms with van der Waals surface area (Å²) in [5.41, 5.74) is 0. The van der Waals surface area contributed by atoms with E-state index in [-0.39, 0.29) is 17.8 Å². The summed E-state index contributed by atoms with van der Waals surface area (Å²) in [4.78, 5) is 11.8. The number of hydrogen-bond acceptors (Lipinski definition) is 2. The van der Waals surface area contributed by atoms with Gasteiger partial charge in [-0.25, -0.2) is 0 Å². The van der Waals surface area contributed by atoms with Crippen LogP contribution in [0, 0.1) is 11.8 Å². The first kappa shape index (κ1) is 11.4. The van der Waals surface area contributed by atoms with Gasteiger partial charge in [-0.3, -0.25) is 4.79 Å². The Labute approximate surface area is 105 Å². The first-order valence-corrected chi connectivity index (χ1v) is 6.83. The monoisotopic (exact) mass is 320 g/mol. The topological polar surface area (TPSA) is 26.3 Å². The SMILES string of the molecule is C[C@@H]1C(=O)C(I)=CO[C@@H]1C1CCCCC1. The molecule has 0 spiro atoms. The molecule has 2 rings (SSSR count). The van der Waals surface area contributed by atoms with Crippen molar-refractivity contribution in [2.45, 2.75) is 45.1 Å². The normalized spacial score (nSPS) is 33.5. The molecular weight excluding hydrogens is 303 g/mol. The van der Waals surface area contributed by atoms with E-state index < -0.39 is 0 Å². The lowest BCUT2D eigenvalue weighted by Crippen LogP contribution is -2.37. The molecule has 0 saturated heterocycles. The zero-order valence-corrected chi connectivity index (χ0v) is 11.2. The van der Waals surface area contributed by atoms with Gasteiger partial charge in [0.1, 0.15) is 12.4 Å². The van der Waals surface area contributed by atoms with Crippen LogP contribution in [0.4, 0.5) is 0 Å². The van der Waals surface area contributed by atoms with Crippen molar-refractivity contribution in [1.29, 1.82) is 0 Å². The Morgan fingerprint density at radius 1 is 1.33 bits per heavy atom. The molecular formula is C12H17IO2. The number of ketones is 1. The fourth-order valence-electron chi connectivity index (χ4n) is 2.66. The van der Waals surface area contributed by atoms with E-state index in [4.69, 9.17) is 4.74 Å². The average Bonchev–Trinajstić information content (AvgIpc) is 2.27. The van der Waals surface area contributed by atoms with E-state index in [1.54, 1.807) is 6.26 Å². The second-order valence-electron chi connectivity index (χ2n) is 4.62.